The second-order valence-electron chi connectivity index (χ2n) is 4.73. The van der Waals surface area contributed by atoms with Gasteiger partial charge in [-0.2, -0.15) is 0 Å². The third kappa shape index (κ3) is 1.03. The minimum Gasteiger partial charge on any atom is -0.368 e. The Bertz CT molecular complexity index is 399. The molecular formula is C11H12N2O3. The highest BCUT2D eigenvalue weighted by Gasteiger charge is 2.59. The quantitative estimate of drug-likeness (QED) is 0.492. The number of fused-ring (bicyclic) bond motifs is 5. The van der Waals surface area contributed by atoms with Crippen molar-refractivity contribution in [2.45, 2.75) is 6.42 Å². The summed E-state index contributed by atoms with van der Waals surface area (Å²) < 4.78 is 0. The summed E-state index contributed by atoms with van der Waals surface area (Å²) in [5.41, 5.74) is 5.03. The van der Waals surface area contributed by atoms with Crippen LogP contribution in [0.2, 0.25) is 0 Å². The van der Waals surface area contributed by atoms with Crippen LogP contribution in [0.5, 0.6) is 0 Å². The molecule has 0 aromatic heterocycles. The number of allylic oxidation sites excluding steroid dienone is 2. The number of nitrogens with zero attached hydrogens (tertiary/aromatic N) is 1. The molecule has 3 amide bonds. The topological polar surface area (TPSA) is 80.5 Å². The standard InChI is InChI=1S/C11H12N2O3/c12-7(14)4-13-10(15)8-5-1-2-6(3-5)9(8)11(13)16/h1-2,5-6,8-9H,3-4H2,(H2,12,14)/t5-,6+,8+,9-. The number of hydrogen-bond donors (Lipinski definition) is 1. The summed E-state index contributed by atoms with van der Waals surface area (Å²) >= 11 is 0. The van der Waals surface area contributed by atoms with Gasteiger partial charge in [-0.25, -0.2) is 0 Å². The minimum atomic E-state index is -0.637. The number of imide groups is 1. The van der Waals surface area contributed by atoms with Crippen LogP contribution in [0.3, 0.4) is 0 Å². The van der Waals surface area contributed by atoms with Crippen molar-refractivity contribution in [3.8, 4) is 0 Å². The molecular weight excluding hydrogens is 208 g/mol. The summed E-state index contributed by atoms with van der Waals surface area (Å²) in [5, 5.41) is 0. The summed E-state index contributed by atoms with van der Waals surface area (Å²) in [5.74, 6) is -1.17. The molecule has 5 nitrogen and oxygen atoms in total. The van der Waals surface area contributed by atoms with Gasteiger partial charge in [0.15, 0.2) is 0 Å². The van der Waals surface area contributed by atoms with E-state index in [0.29, 0.717) is 0 Å². The van der Waals surface area contributed by atoms with E-state index in [1.807, 2.05) is 12.2 Å². The highest BCUT2D eigenvalue weighted by Crippen LogP contribution is 2.52. The van der Waals surface area contributed by atoms with E-state index in [9.17, 15) is 14.4 Å². The molecule has 0 aromatic rings. The van der Waals surface area contributed by atoms with Gasteiger partial charge in [-0.3, -0.25) is 19.3 Å². The van der Waals surface area contributed by atoms with Gasteiger partial charge in [0.25, 0.3) is 0 Å². The van der Waals surface area contributed by atoms with Crippen molar-refractivity contribution >= 4 is 17.7 Å². The number of hydrogen-bond acceptors (Lipinski definition) is 3. The summed E-state index contributed by atoms with van der Waals surface area (Å²) in [6.45, 7) is -0.274. The Labute approximate surface area is 92.3 Å². The molecule has 0 unspecified atom stereocenters. The monoisotopic (exact) mass is 220 g/mol. The fraction of sp³-hybridized carbons (Fsp3) is 0.545. The normalized spacial score (nSPS) is 39.6. The predicted octanol–water partition coefficient (Wildman–Crippen LogP) is -0.721. The molecule has 2 aliphatic carbocycles. The van der Waals surface area contributed by atoms with Gasteiger partial charge in [0, 0.05) is 0 Å². The maximum Gasteiger partial charge on any atom is 0.237 e. The minimum absolute atomic E-state index is 0.185. The average molecular weight is 220 g/mol. The smallest absolute Gasteiger partial charge is 0.237 e. The van der Waals surface area contributed by atoms with Crippen LogP contribution in [0.15, 0.2) is 12.2 Å². The van der Waals surface area contributed by atoms with Gasteiger partial charge in [-0.15, -0.1) is 0 Å². The first kappa shape index (κ1) is 9.57. The average Bonchev–Trinajstić information content (AvgIpc) is 2.87. The van der Waals surface area contributed by atoms with Crippen LogP contribution in [0.25, 0.3) is 0 Å². The van der Waals surface area contributed by atoms with Crippen molar-refractivity contribution in [3.05, 3.63) is 12.2 Å². The molecule has 84 valence electrons. The molecule has 5 heteroatoms. The van der Waals surface area contributed by atoms with Crippen molar-refractivity contribution in [3.63, 3.8) is 0 Å². The zero-order chi connectivity index (χ0) is 11.4. The SMILES string of the molecule is NC(=O)CN1C(=O)[C@@H]2[C@H](C1=O)[C@H]1C=C[C@@H]2C1. The number of rotatable bonds is 2. The Hall–Kier alpha value is -1.65. The number of carbonyl (C=O) groups is 3. The van der Waals surface area contributed by atoms with Crippen LogP contribution in [-0.2, 0) is 14.4 Å². The number of carbonyl (C=O) groups excluding carboxylic acids is 3. The maximum absolute atomic E-state index is 12.0. The lowest BCUT2D eigenvalue weighted by molar-refractivity contribution is -0.143. The highest BCUT2D eigenvalue weighted by atomic mass is 16.2. The molecule has 1 saturated carbocycles. The van der Waals surface area contributed by atoms with E-state index in [1.54, 1.807) is 0 Å². The van der Waals surface area contributed by atoms with Gasteiger partial charge in [0.2, 0.25) is 17.7 Å². The van der Waals surface area contributed by atoms with Crippen LogP contribution in [0.4, 0.5) is 0 Å². The van der Waals surface area contributed by atoms with E-state index in [0.717, 1.165) is 11.3 Å². The molecule has 2 N–H and O–H groups in total. The third-order valence-corrected chi connectivity index (χ3v) is 3.88. The van der Waals surface area contributed by atoms with E-state index in [-0.39, 0.29) is 42.0 Å². The van der Waals surface area contributed by atoms with Gasteiger partial charge < -0.3 is 5.73 Å². The molecule has 1 saturated heterocycles. The Kier molecular flexibility index (Phi) is 1.75. The number of amides is 3. The van der Waals surface area contributed by atoms with Gasteiger partial charge in [-0.05, 0) is 18.3 Å². The molecule has 16 heavy (non-hydrogen) atoms. The Balaban J connectivity index is 1.91. The van der Waals surface area contributed by atoms with Crippen molar-refractivity contribution in [1.82, 2.24) is 4.90 Å². The molecule has 2 fully saturated rings. The first-order valence-corrected chi connectivity index (χ1v) is 5.41. The molecule has 0 aromatic carbocycles. The fourth-order valence-corrected chi connectivity index (χ4v) is 3.28. The maximum atomic E-state index is 12.0. The zero-order valence-electron chi connectivity index (χ0n) is 8.63. The van der Waals surface area contributed by atoms with Gasteiger partial charge in [0.05, 0.1) is 11.8 Å². The third-order valence-electron chi connectivity index (χ3n) is 3.88. The number of nitrogens with two attached hydrogens (primary N) is 1. The van der Waals surface area contributed by atoms with Crippen LogP contribution in [-0.4, -0.2) is 29.2 Å². The lowest BCUT2D eigenvalue weighted by Gasteiger charge is -2.14. The van der Waals surface area contributed by atoms with Crippen LogP contribution in [0.1, 0.15) is 6.42 Å². The zero-order valence-corrected chi connectivity index (χ0v) is 8.63. The second kappa shape index (κ2) is 2.93. The summed E-state index contributed by atoms with van der Waals surface area (Å²) in [6, 6.07) is 0. The number of primary amides is 1. The first-order valence-electron chi connectivity index (χ1n) is 5.41. The molecule has 2 bridgehead atoms. The molecule has 0 spiro atoms. The van der Waals surface area contributed by atoms with E-state index in [1.165, 1.54) is 0 Å². The molecule has 3 rings (SSSR count). The molecule has 4 atom stereocenters. The van der Waals surface area contributed by atoms with Crippen molar-refractivity contribution in [1.29, 1.82) is 0 Å². The van der Waals surface area contributed by atoms with E-state index in [2.05, 4.69) is 0 Å². The molecule has 1 aliphatic heterocycles. The molecule has 0 radical (unpaired) electrons. The Morgan fingerprint density at radius 1 is 1.25 bits per heavy atom. The Morgan fingerprint density at radius 2 is 1.75 bits per heavy atom. The second-order valence-corrected chi connectivity index (χ2v) is 4.73. The fourth-order valence-electron chi connectivity index (χ4n) is 3.28. The van der Waals surface area contributed by atoms with Crippen LogP contribution in [0, 0.1) is 23.7 Å². The van der Waals surface area contributed by atoms with Crippen molar-refractivity contribution in [2.24, 2.45) is 29.4 Å². The first-order chi connectivity index (χ1) is 7.59. The van der Waals surface area contributed by atoms with E-state index < -0.39 is 5.91 Å². The lowest BCUT2D eigenvalue weighted by Crippen LogP contribution is -2.39. The Morgan fingerprint density at radius 3 is 2.19 bits per heavy atom. The predicted molar refractivity (Wildman–Crippen MR) is 53.6 cm³/mol. The highest BCUT2D eigenvalue weighted by molar-refractivity contribution is 6.08. The van der Waals surface area contributed by atoms with Gasteiger partial charge >= 0.3 is 0 Å². The van der Waals surface area contributed by atoms with Gasteiger partial charge in [-0.1, -0.05) is 12.2 Å². The van der Waals surface area contributed by atoms with Crippen molar-refractivity contribution < 1.29 is 14.4 Å². The van der Waals surface area contributed by atoms with E-state index >= 15 is 0 Å². The summed E-state index contributed by atoms with van der Waals surface area (Å²) in [7, 11) is 0. The largest absolute Gasteiger partial charge is 0.368 e. The lowest BCUT2D eigenvalue weighted by atomic mass is 9.85. The van der Waals surface area contributed by atoms with E-state index in [4.69, 9.17) is 5.73 Å². The van der Waals surface area contributed by atoms with Crippen LogP contribution < -0.4 is 5.73 Å². The number of likely N-dealkylation sites (tertiary alicyclic amines) is 1. The molecule has 1 heterocycles. The van der Waals surface area contributed by atoms with Crippen molar-refractivity contribution in [2.75, 3.05) is 6.54 Å². The van der Waals surface area contributed by atoms with Crippen LogP contribution >= 0.6 is 0 Å². The van der Waals surface area contributed by atoms with Gasteiger partial charge in [0.1, 0.15) is 6.54 Å². The summed E-state index contributed by atoms with van der Waals surface area (Å²) in [4.78, 5) is 35.8. The molecule has 3 aliphatic rings. The summed E-state index contributed by atoms with van der Waals surface area (Å²) in [6.07, 6.45) is 4.94.